The van der Waals surface area contributed by atoms with Crippen molar-refractivity contribution >= 4 is 5.97 Å². The largest absolute Gasteiger partial charge is 0.463 e. The molecule has 6 heteroatoms. The summed E-state index contributed by atoms with van der Waals surface area (Å²) in [7, 11) is 0. The van der Waals surface area contributed by atoms with Gasteiger partial charge in [-0.3, -0.25) is 0 Å². The lowest BCUT2D eigenvalue weighted by Gasteiger charge is -2.11. The average Bonchev–Trinajstić information content (AvgIpc) is 2.04. The van der Waals surface area contributed by atoms with Crippen LogP contribution in [0.25, 0.3) is 0 Å². The Morgan fingerprint density at radius 1 is 1.36 bits per heavy atom. The van der Waals surface area contributed by atoms with Gasteiger partial charge in [-0.1, -0.05) is 6.92 Å². The van der Waals surface area contributed by atoms with E-state index in [2.05, 4.69) is 4.74 Å². The summed E-state index contributed by atoms with van der Waals surface area (Å²) in [5.41, 5.74) is 2.89. The van der Waals surface area contributed by atoms with Gasteiger partial charge >= 0.3 is 12.1 Å². The van der Waals surface area contributed by atoms with E-state index in [0.29, 0.717) is 0 Å². The molecular formula is C8H12F3NO2. The van der Waals surface area contributed by atoms with Gasteiger partial charge in [0, 0.05) is 0 Å². The van der Waals surface area contributed by atoms with Gasteiger partial charge in [-0.25, -0.2) is 4.79 Å². The predicted octanol–water partition coefficient (Wildman–Crippen LogP) is 1.73. The molecule has 0 saturated carbocycles. The molecule has 0 radical (unpaired) electrons. The van der Waals surface area contributed by atoms with E-state index in [0.717, 1.165) is 0 Å². The molecule has 0 aromatic heterocycles. The summed E-state index contributed by atoms with van der Waals surface area (Å²) in [6, 6.07) is 0. The van der Waals surface area contributed by atoms with Crippen molar-refractivity contribution < 1.29 is 22.7 Å². The second-order valence-corrected chi connectivity index (χ2v) is 2.46. The molecule has 3 nitrogen and oxygen atoms in total. The van der Waals surface area contributed by atoms with E-state index in [4.69, 9.17) is 5.73 Å². The third kappa shape index (κ3) is 3.27. The summed E-state index contributed by atoms with van der Waals surface area (Å²) < 4.78 is 40.7. The lowest BCUT2D eigenvalue weighted by molar-refractivity contribution is -0.140. The third-order valence-corrected chi connectivity index (χ3v) is 1.51. The molecule has 0 aliphatic heterocycles. The second kappa shape index (κ2) is 4.88. The van der Waals surface area contributed by atoms with Gasteiger partial charge in [-0.15, -0.1) is 0 Å². The van der Waals surface area contributed by atoms with Crippen molar-refractivity contribution in [3.05, 3.63) is 11.3 Å². The SMILES string of the molecule is CCOC(=O)C(CC)=C(N)C(F)(F)F. The van der Waals surface area contributed by atoms with Crippen LogP contribution >= 0.6 is 0 Å². The fourth-order valence-corrected chi connectivity index (χ4v) is 0.834. The van der Waals surface area contributed by atoms with E-state index in [9.17, 15) is 18.0 Å². The summed E-state index contributed by atoms with van der Waals surface area (Å²) >= 11 is 0. The van der Waals surface area contributed by atoms with Gasteiger partial charge in [0.1, 0.15) is 5.70 Å². The minimum Gasteiger partial charge on any atom is -0.463 e. The molecule has 0 heterocycles. The average molecular weight is 211 g/mol. The smallest absolute Gasteiger partial charge is 0.431 e. The molecular weight excluding hydrogens is 199 g/mol. The molecule has 0 rings (SSSR count). The van der Waals surface area contributed by atoms with Gasteiger partial charge < -0.3 is 10.5 Å². The maximum Gasteiger partial charge on any atom is 0.431 e. The number of alkyl halides is 3. The lowest BCUT2D eigenvalue weighted by Crippen LogP contribution is -2.25. The molecule has 0 bridgehead atoms. The molecule has 0 aromatic rings. The zero-order chi connectivity index (χ0) is 11.4. The Kier molecular flexibility index (Phi) is 4.46. The molecule has 0 amide bonds. The van der Waals surface area contributed by atoms with Crippen molar-refractivity contribution in [2.75, 3.05) is 6.61 Å². The Bertz CT molecular complexity index is 245. The first kappa shape index (κ1) is 12.8. The van der Waals surface area contributed by atoms with E-state index in [1.54, 1.807) is 0 Å². The van der Waals surface area contributed by atoms with Crippen molar-refractivity contribution in [3.63, 3.8) is 0 Å². The number of hydrogen-bond acceptors (Lipinski definition) is 3. The number of nitrogens with two attached hydrogens (primary N) is 1. The number of allylic oxidation sites excluding steroid dienone is 1. The number of esters is 1. The minimum absolute atomic E-state index is 0.0213. The zero-order valence-corrected chi connectivity index (χ0v) is 7.94. The van der Waals surface area contributed by atoms with E-state index in [1.165, 1.54) is 13.8 Å². The van der Waals surface area contributed by atoms with E-state index in [1.807, 2.05) is 0 Å². The van der Waals surface area contributed by atoms with Crippen molar-refractivity contribution in [2.24, 2.45) is 5.73 Å². The van der Waals surface area contributed by atoms with Crippen molar-refractivity contribution in [1.82, 2.24) is 0 Å². The molecule has 0 aromatic carbocycles. The lowest BCUT2D eigenvalue weighted by atomic mass is 10.1. The van der Waals surface area contributed by atoms with Gasteiger partial charge in [0.15, 0.2) is 0 Å². The molecule has 0 aliphatic carbocycles. The topological polar surface area (TPSA) is 52.3 Å². The maximum absolute atomic E-state index is 12.1. The van der Waals surface area contributed by atoms with Crippen LogP contribution in [-0.4, -0.2) is 18.8 Å². The van der Waals surface area contributed by atoms with Crippen LogP contribution in [-0.2, 0) is 9.53 Å². The van der Waals surface area contributed by atoms with Crippen LogP contribution in [0.1, 0.15) is 20.3 Å². The summed E-state index contributed by atoms with van der Waals surface area (Å²) in [6.07, 6.45) is -4.79. The number of ether oxygens (including phenoxy) is 1. The van der Waals surface area contributed by atoms with Gasteiger partial charge in [0.05, 0.1) is 12.2 Å². The number of halogens is 3. The normalized spacial score (nSPS) is 13.5. The number of rotatable bonds is 3. The first-order valence-corrected chi connectivity index (χ1v) is 4.07. The predicted molar refractivity (Wildman–Crippen MR) is 44.2 cm³/mol. The molecule has 0 unspecified atom stereocenters. The quantitative estimate of drug-likeness (QED) is 0.571. The van der Waals surface area contributed by atoms with Crippen LogP contribution in [0.4, 0.5) is 13.2 Å². The van der Waals surface area contributed by atoms with Gasteiger partial charge in [0.2, 0.25) is 0 Å². The first-order valence-electron chi connectivity index (χ1n) is 4.07. The Morgan fingerprint density at radius 3 is 2.14 bits per heavy atom. The number of carbonyl (C=O) groups excluding carboxylic acids is 1. The number of hydrogen-bond donors (Lipinski definition) is 1. The second-order valence-electron chi connectivity index (χ2n) is 2.46. The molecule has 0 atom stereocenters. The Balaban J connectivity index is 4.94. The van der Waals surface area contributed by atoms with Crippen LogP contribution in [0.5, 0.6) is 0 Å². The highest BCUT2D eigenvalue weighted by Crippen LogP contribution is 2.25. The summed E-state index contributed by atoms with van der Waals surface area (Å²) in [6.45, 7) is 2.94. The van der Waals surface area contributed by atoms with Crippen molar-refractivity contribution in [2.45, 2.75) is 26.4 Å². The van der Waals surface area contributed by atoms with Crippen LogP contribution < -0.4 is 5.73 Å². The van der Waals surface area contributed by atoms with Gasteiger partial charge in [0.25, 0.3) is 0 Å². The van der Waals surface area contributed by atoms with Crippen LogP contribution in [0, 0.1) is 0 Å². The molecule has 0 spiro atoms. The Hall–Kier alpha value is -1.20. The molecule has 0 fully saturated rings. The number of carbonyl (C=O) groups is 1. The molecule has 0 saturated heterocycles. The monoisotopic (exact) mass is 211 g/mol. The molecule has 2 N–H and O–H groups in total. The van der Waals surface area contributed by atoms with E-state index >= 15 is 0 Å². The van der Waals surface area contributed by atoms with Crippen LogP contribution in [0.3, 0.4) is 0 Å². The summed E-state index contributed by atoms with van der Waals surface area (Å²) in [4.78, 5) is 11.0. The Labute approximate surface area is 79.7 Å². The zero-order valence-electron chi connectivity index (χ0n) is 7.94. The fourth-order valence-electron chi connectivity index (χ4n) is 0.834. The van der Waals surface area contributed by atoms with Crippen LogP contribution in [0.2, 0.25) is 0 Å². The van der Waals surface area contributed by atoms with Crippen LogP contribution in [0.15, 0.2) is 11.3 Å². The molecule has 14 heavy (non-hydrogen) atoms. The maximum atomic E-state index is 12.1. The standard InChI is InChI=1S/C8H12F3NO2/c1-3-5(7(13)14-4-2)6(12)8(9,10)11/h3-4,12H2,1-2H3. The van der Waals surface area contributed by atoms with E-state index < -0.39 is 23.4 Å². The summed E-state index contributed by atoms with van der Waals surface area (Å²) in [5, 5.41) is 0. The fraction of sp³-hybridized carbons (Fsp3) is 0.625. The van der Waals surface area contributed by atoms with Crippen molar-refractivity contribution in [1.29, 1.82) is 0 Å². The highest BCUT2D eigenvalue weighted by Gasteiger charge is 2.35. The minimum atomic E-state index is -4.68. The first-order chi connectivity index (χ1) is 6.34. The van der Waals surface area contributed by atoms with Gasteiger partial charge in [-0.05, 0) is 13.3 Å². The van der Waals surface area contributed by atoms with E-state index in [-0.39, 0.29) is 13.0 Å². The molecule has 82 valence electrons. The third-order valence-electron chi connectivity index (χ3n) is 1.51. The molecule has 0 aliphatic rings. The highest BCUT2D eigenvalue weighted by molar-refractivity contribution is 5.89. The highest BCUT2D eigenvalue weighted by atomic mass is 19.4. The van der Waals surface area contributed by atoms with Gasteiger partial charge in [-0.2, -0.15) is 13.2 Å². The Morgan fingerprint density at radius 2 is 1.86 bits per heavy atom. The summed E-state index contributed by atoms with van der Waals surface area (Å²) in [5.74, 6) is -1.01. The van der Waals surface area contributed by atoms with Crippen molar-refractivity contribution in [3.8, 4) is 0 Å².